The van der Waals surface area contributed by atoms with E-state index in [0.29, 0.717) is 13.1 Å². The summed E-state index contributed by atoms with van der Waals surface area (Å²) in [7, 11) is 0. The van der Waals surface area contributed by atoms with Crippen LogP contribution in [0.4, 0.5) is 4.79 Å². The van der Waals surface area contributed by atoms with E-state index < -0.39 is 5.60 Å². The SMILES string of the molecule is CC(C)(C)OC(=O)N1CCC(CO)(C/C=C/Sc2ccccc2)CC1. The van der Waals surface area contributed by atoms with Crippen molar-refractivity contribution >= 4 is 17.9 Å². The first-order valence-corrected chi connectivity index (χ1v) is 9.67. The van der Waals surface area contributed by atoms with Crippen LogP contribution in [0, 0.1) is 5.41 Å². The van der Waals surface area contributed by atoms with E-state index >= 15 is 0 Å². The first-order chi connectivity index (χ1) is 11.8. The highest BCUT2D eigenvalue weighted by Gasteiger charge is 2.35. The van der Waals surface area contributed by atoms with Gasteiger partial charge in [-0.2, -0.15) is 0 Å². The second-order valence-corrected chi connectivity index (χ2v) is 8.61. The topological polar surface area (TPSA) is 49.8 Å². The number of hydrogen-bond donors (Lipinski definition) is 1. The number of carbonyl (C=O) groups is 1. The summed E-state index contributed by atoms with van der Waals surface area (Å²) in [4.78, 5) is 15.1. The number of ether oxygens (including phenoxy) is 1. The van der Waals surface area contributed by atoms with Crippen LogP contribution < -0.4 is 0 Å². The number of aliphatic hydroxyl groups is 1. The Morgan fingerprint density at radius 1 is 1.28 bits per heavy atom. The normalized spacial score (nSPS) is 17.7. The van der Waals surface area contributed by atoms with E-state index in [1.54, 1.807) is 16.7 Å². The highest BCUT2D eigenvalue weighted by Crippen LogP contribution is 2.36. The van der Waals surface area contributed by atoms with Crippen LogP contribution in [-0.4, -0.2) is 41.4 Å². The molecule has 1 N–H and O–H groups in total. The summed E-state index contributed by atoms with van der Waals surface area (Å²) in [6, 6.07) is 10.2. The third-order valence-electron chi connectivity index (χ3n) is 4.41. The molecule has 138 valence electrons. The quantitative estimate of drug-likeness (QED) is 0.771. The molecular weight excluding hydrogens is 334 g/mol. The van der Waals surface area contributed by atoms with Gasteiger partial charge in [0.25, 0.3) is 0 Å². The maximum atomic E-state index is 12.2. The van der Waals surface area contributed by atoms with Crippen molar-refractivity contribution in [3.63, 3.8) is 0 Å². The van der Waals surface area contributed by atoms with Crippen molar-refractivity contribution in [1.29, 1.82) is 0 Å². The van der Waals surface area contributed by atoms with Gasteiger partial charge in [-0.25, -0.2) is 4.79 Å². The Kier molecular flexibility index (Phi) is 6.96. The van der Waals surface area contributed by atoms with Crippen LogP contribution in [-0.2, 0) is 4.74 Å². The number of aliphatic hydroxyl groups excluding tert-OH is 1. The number of amides is 1. The summed E-state index contributed by atoms with van der Waals surface area (Å²) < 4.78 is 5.43. The predicted octanol–water partition coefficient (Wildman–Crippen LogP) is 4.69. The first kappa shape index (κ1) is 19.9. The van der Waals surface area contributed by atoms with E-state index in [1.165, 1.54) is 4.90 Å². The molecule has 0 radical (unpaired) electrons. The maximum absolute atomic E-state index is 12.2. The number of thioether (sulfide) groups is 1. The van der Waals surface area contributed by atoms with Crippen LogP contribution in [0.3, 0.4) is 0 Å². The van der Waals surface area contributed by atoms with Gasteiger partial charge in [0.2, 0.25) is 0 Å². The van der Waals surface area contributed by atoms with E-state index in [2.05, 4.69) is 23.6 Å². The molecule has 1 aliphatic rings. The largest absolute Gasteiger partial charge is 0.444 e. The minimum Gasteiger partial charge on any atom is -0.444 e. The number of hydrogen-bond acceptors (Lipinski definition) is 4. The molecule has 0 unspecified atom stereocenters. The fraction of sp³-hybridized carbons (Fsp3) is 0.550. The Bertz CT molecular complexity index is 572. The summed E-state index contributed by atoms with van der Waals surface area (Å²) in [5.74, 6) is 0. The minimum atomic E-state index is -0.472. The van der Waals surface area contributed by atoms with Gasteiger partial charge in [-0.1, -0.05) is 36.0 Å². The van der Waals surface area contributed by atoms with Gasteiger partial charge in [0.1, 0.15) is 5.60 Å². The van der Waals surface area contributed by atoms with Crippen molar-refractivity contribution in [3.05, 3.63) is 41.8 Å². The predicted molar refractivity (Wildman–Crippen MR) is 103 cm³/mol. The highest BCUT2D eigenvalue weighted by atomic mass is 32.2. The number of nitrogens with zero attached hydrogens (tertiary/aromatic N) is 1. The molecule has 0 saturated carbocycles. The lowest BCUT2D eigenvalue weighted by Crippen LogP contribution is -2.46. The molecule has 0 aliphatic carbocycles. The van der Waals surface area contributed by atoms with E-state index in [4.69, 9.17) is 4.74 Å². The zero-order valence-corrected chi connectivity index (χ0v) is 16.2. The van der Waals surface area contributed by atoms with Gasteiger partial charge in [0, 0.05) is 30.0 Å². The molecule has 1 aliphatic heterocycles. The van der Waals surface area contributed by atoms with Gasteiger partial charge in [-0.3, -0.25) is 0 Å². The van der Waals surface area contributed by atoms with E-state index in [0.717, 1.165) is 19.3 Å². The van der Waals surface area contributed by atoms with Crippen LogP contribution in [0.1, 0.15) is 40.0 Å². The molecule has 0 atom stereocenters. The summed E-state index contributed by atoms with van der Waals surface area (Å²) in [5.41, 5.74) is -0.605. The molecule has 1 heterocycles. The second-order valence-electron chi connectivity index (χ2n) is 7.63. The highest BCUT2D eigenvalue weighted by molar-refractivity contribution is 8.02. The number of piperidine rings is 1. The van der Waals surface area contributed by atoms with Crippen molar-refractivity contribution in [3.8, 4) is 0 Å². The van der Waals surface area contributed by atoms with E-state index in [1.807, 2.05) is 39.0 Å². The Morgan fingerprint density at radius 3 is 2.48 bits per heavy atom. The second kappa shape index (κ2) is 8.77. The van der Waals surface area contributed by atoms with Gasteiger partial charge in [0.05, 0.1) is 0 Å². The van der Waals surface area contributed by atoms with Gasteiger partial charge >= 0.3 is 6.09 Å². The average molecular weight is 364 g/mol. The van der Waals surface area contributed by atoms with Crippen LogP contribution in [0.15, 0.2) is 46.7 Å². The minimum absolute atomic E-state index is 0.133. The lowest BCUT2D eigenvalue weighted by atomic mass is 9.76. The van der Waals surface area contributed by atoms with Gasteiger partial charge in [-0.05, 0) is 57.6 Å². The molecule has 1 saturated heterocycles. The number of carbonyl (C=O) groups excluding carboxylic acids is 1. The molecule has 0 spiro atoms. The van der Waals surface area contributed by atoms with Gasteiger partial charge in [0.15, 0.2) is 0 Å². The third-order valence-corrected chi connectivity index (χ3v) is 5.28. The number of rotatable bonds is 5. The van der Waals surface area contributed by atoms with Crippen molar-refractivity contribution < 1.29 is 14.6 Å². The zero-order chi connectivity index (χ0) is 18.3. The Balaban J connectivity index is 1.83. The Morgan fingerprint density at radius 2 is 1.92 bits per heavy atom. The molecule has 25 heavy (non-hydrogen) atoms. The van der Waals surface area contributed by atoms with Crippen LogP contribution >= 0.6 is 11.8 Å². The molecule has 1 amide bonds. The zero-order valence-electron chi connectivity index (χ0n) is 15.4. The molecule has 4 nitrogen and oxygen atoms in total. The third kappa shape index (κ3) is 6.40. The molecule has 1 aromatic carbocycles. The van der Waals surface area contributed by atoms with Crippen molar-refractivity contribution in [2.75, 3.05) is 19.7 Å². The summed E-state index contributed by atoms with van der Waals surface area (Å²) in [6.07, 6.45) is 4.29. The molecule has 1 aromatic rings. The molecule has 0 aromatic heterocycles. The summed E-state index contributed by atoms with van der Waals surface area (Å²) in [5, 5.41) is 12.0. The van der Waals surface area contributed by atoms with Crippen molar-refractivity contribution in [2.45, 2.75) is 50.5 Å². The fourth-order valence-electron chi connectivity index (χ4n) is 2.84. The molecular formula is C20H29NO3S. The van der Waals surface area contributed by atoms with Crippen molar-refractivity contribution in [2.24, 2.45) is 5.41 Å². The fourth-order valence-corrected chi connectivity index (χ4v) is 3.50. The summed E-state index contributed by atoms with van der Waals surface area (Å²) >= 11 is 1.68. The smallest absolute Gasteiger partial charge is 0.410 e. The van der Waals surface area contributed by atoms with Crippen LogP contribution in [0.25, 0.3) is 0 Å². The van der Waals surface area contributed by atoms with Crippen LogP contribution in [0.2, 0.25) is 0 Å². The Labute approximate surface area is 155 Å². The first-order valence-electron chi connectivity index (χ1n) is 8.79. The number of allylic oxidation sites excluding steroid dienone is 1. The number of benzene rings is 1. The monoisotopic (exact) mass is 363 g/mol. The maximum Gasteiger partial charge on any atom is 0.410 e. The summed E-state index contributed by atoms with van der Waals surface area (Å²) in [6.45, 7) is 7.05. The standard InChI is InChI=1S/C20H29NO3S/c1-19(2,3)24-18(23)21-13-11-20(16-22,12-14-21)10-7-15-25-17-8-5-4-6-9-17/h4-9,15,22H,10-14,16H2,1-3H3/b15-7+. The molecule has 0 bridgehead atoms. The lowest BCUT2D eigenvalue weighted by molar-refractivity contribution is 0.000442. The van der Waals surface area contributed by atoms with Gasteiger partial charge < -0.3 is 14.7 Å². The van der Waals surface area contributed by atoms with Crippen molar-refractivity contribution in [1.82, 2.24) is 4.90 Å². The lowest BCUT2D eigenvalue weighted by Gasteiger charge is -2.40. The molecule has 1 fully saturated rings. The average Bonchev–Trinajstić information content (AvgIpc) is 2.59. The molecule has 2 rings (SSSR count). The number of likely N-dealkylation sites (tertiary alicyclic amines) is 1. The molecule has 5 heteroatoms. The Hall–Kier alpha value is -1.46. The van der Waals surface area contributed by atoms with E-state index in [-0.39, 0.29) is 18.1 Å². The van der Waals surface area contributed by atoms with Gasteiger partial charge in [-0.15, -0.1) is 0 Å². The van der Waals surface area contributed by atoms with Crippen LogP contribution in [0.5, 0.6) is 0 Å². The van der Waals surface area contributed by atoms with E-state index in [9.17, 15) is 9.90 Å².